The van der Waals surface area contributed by atoms with Crippen LogP contribution in [-0.2, 0) is 0 Å². The summed E-state index contributed by atoms with van der Waals surface area (Å²) in [5, 5.41) is 3.29. The quantitative estimate of drug-likeness (QED) is 0.753. The number of hydrogen-bond donors (Lipinski definition) is 1. The first-order valence-electron chi connectivity index (χ1n) is 5.35. The monoisotopic (exact) mass is 211 g/mol. The highest BCUT2D eigenvalue weighted by Gasteiger charge is 2.22. The van der Waals surface area contributed by atoms with Crippen LogP contribution >= 0.6 is 0 Å². The molecule has 1 aliphatic rings. The van der Waals surface area contributed by atoms with Crippen molar-refractivity contribution in [3.8, 4) is 0 Å². The molecule has 1 aliphatic heterocycles. The lowest BCUT2D eigenvalue weighted by Gasteiger charge is -2.28. The maximum atomic E-state index is 13.5. The molecular formula is C12H15F2N. The van der Waals surface area contributed by atoms with Crippen molar-refractivity contribution >= 4 is 0 Å². The van der Waals surface area contributed by atoms with E-state index < -0.39 is 11.6 Å². The number of nitrogens with one attached hydrogen (secondary N) is 1. The van der Waals surface area contributed by atoms with Gasteiger partial charge in [-0.05, 0) is 37.3 Å². The van der Waals surface area contributed by atoms with E-state index in [9.17, 15) is 8.78 Å². The first-order valence-corrected chi connectivity index (χ1v) is 5.35. The molecule has 1 nitrogen and oxygen atoms in total. The summed E-state index contributed by atoms with van der Waals surface area (Å²) in [5.74, 6) is -1.32. The van der Waals surface area contributed by atoms with Gasteiger partial charge in [0.2, 0.25) is 0 Å². The summed E-state index contributed by atoms with van der Waals surface area (Å²) in [4.78, 5) is 0. The number of halogens is 2. The Bertz CT molecular complexity index is 343. The van der Waals surface area contributed by atoms with Gasteiger partial charge in [0.1, 0.15) is 0 Å². The van der Waals surface area contributed by atoms with Crippen LogP contribution < -0.4 is 5.32 Å². The van der Waals surface area contributed by atoms with Gasteiger partial charge in [-0.25, -0.2) is 8.78 Å². The van der Waals surface area contributed by atoms with E-state index in [1.807, 2.05) is 0 Å². The molecule has 0 bridgehead atoms. The number of hydrogen-bond acceptors (Lipinski definition) is 1. The molecule has 3 heteroatoms. The minimum absolute atomic E-state index is 0.108. The van der Waals surface area contributed by atoms with E-state index in [1.54, 1.807) is 12.1 Å². The van der Waals surface area contributed by atoms with E-state index in [2.05, 4.69) is 12.2 Å². The zero-order valence-corrected chi connectivity index (χ0v) is 8.76. The van der Waals surface area contributed by atoms with Crippen LogP contribution in [0.4, 0.5) is 8.78 Å². The Balaban J connectivity index is 2.19. The smallest absolute Gasteiger partial charge is 0.162 e. The Morgan fingerprint density at radius 2 is 2.07 bits per heavy atom. The van der Waals surface area contributed by atoms with Crippen molar-refractivity contribution in [2.75, 3.05) is 6.54 Å². The molecule has 1 N–H and O–H groups in total. The Hall–Kier alpha value is -0.960. The van der Waals surface area contributed by atoms with Gasteiger partial charge in [-0.2, -0.15) is 0 Å². The molecule has 1 saturated heterocycles. The first kappa shape index (κ1) is 10.6. The molecule has 0 aliphatic carbocycles. The summed E-state index contributed by atoms with van der Waals surface area (Å²) >= 11 is 0. The molecule has 0 amide bonds. The lowest BCUT2D eigenvalue weighted by Crippen LogP contribution is -2.36. The third-order valence-corrected chi connectivity index (χ3v) is 3.08. The van der Waals surface area contributed by atoms with Crippen molar-refractivity contribution < 1.29 is 8.78 Å². The minimum atomic E-state index is -0.744. The van der Waals surface area contributed by atoms with Crippen molar-refractivity contribution in [2.24, 2.45) is 0 Å². The third kappa shape index (κ3) is 2.17. The van der Waals surface area contributed by atoms with Gasteiger partial charge in [-0.1, -0.05) is 12.1 Å². The molecule has 1 fully saturated rings. The molecular weight excluding hydrogens is 196 g/mol. The van der Waals surface area contributed by atoms with Crippen LogP contribution in [0.15, 0.2) is 18.2 Å². The molecule has 1 heterocycles. The van der Waals surface area contributed by atoms with E-state index in [1.165, 1.54) is 0 Å². The highest BCUT2D eigenvalue weighted by atomic mass is 19.2. The van der Waals surface area contributed by atoms with Crippen molar-refractivity contribution in [1.82, 2.24) is 5.32 Å². The van der Waals surface area contributed by atoms with Gasteiger partial charge in [0.05, 0.1) is 0 Å². The largest absolute Gasteiger partial charge is 0.314 e. The summed E-state index contributed by atoms with van der Waals surface area (Å²) in [5.41, 5.74) is 0.509. The van der Waals surface area contributed by atoms with Gasteiger partial charge in [-0.3, -0.25) is 0 Å². The summed E-state index contributed by atoms with van der Waals surface area (Å²) in [6.45, 7) is 2.85. The molecule has 15 heavy (non-hydrogen) atoms. The molecule has 1 aromatic carbocycles. The fraction of sp³-hybridized carbons (Fsp3) is 0.500. The third-order valence-electron chi connectivity index (χ3n) is 3.08. The van der Waals surface area contributed by atoms with Crippen molar-refractivity contribution in [3.63, 3.8) is 0 Å². The highest BCUT2D eigenvalue weighted by molar-refractivity contribution is 5.23. The number of benzene rings is 1. The second kappa shape index (κ2) is 4.27. The topological polar surface area (TPSA) is 12.0 Å². The van der Waals surface area contributed by atoms with Crippen LogP contribution in [0.2, 0.25) is 0 Å². The van der Waals surface area contributed by atoms with E-state index in [0.29, 0.717) is 11.6 Å². The van der Waals surface area contributed by atoms with Crippen LogP contribution in [0.1, 0.15) is 31.2 Å². The van der Waals surface area contributed by atoms with Crippen molar-refractivity contribution in [1.29, 1.82) is 0 Å². The van der Waals surface area contributed by atoms with Gasteiger partial charge >= 0.3 is 0 Å². The zero-order chi connectivity index (χ0) is 10.8. The molecule has 1 aromatic rings. The van der Waals surface area contributed by atoms with Gasteiger partial charge in [0.25, 0.3) is 0 Å². The van der Waals surface area contributed by atoms with Gasteiger partial charge in [-0.15, -0.1) is 0 Å². The lowest BCUT2D eigenvalue weighted by molar-refractivity contribution is 0.373. The molecule has 82 valence electrons. The van der Waals surface area contributed by atoms with Crippen LogP contribution in [0.25, 0.3) is 0 Å². The lowest BCUT2D eigenvalue weighted by atomic mass is 9.89. The maximum absolute atomic E-state index is 13.5. The highest BCUT2D eigenvalue weighted by Crippen LogP contribution is 2.27. The predicted octanol–water partition coefficient (Wildman–Crippen LogP) is 2.82. The average molecular weight is 211 g/mol. The summed E-state index contributed by atoms with van der Waals surface area (Å²) in [6.07, 6.45) is 1.94. The van der Waals surface area contributed by atoms with Crippen LogP contribution in [0, 0.1) is 11.6 Å². The van der Waals surface area contributed by atoms with Gasteiger partial charge in [0, 0.05) is 12.6 Å². The maximum Gasteiger partial charge on any atom is 0.162 e. The molecule has 0 radical (unpaired) electrons. The fourth-order valence-corrected chi connectivity index (χ4v) is 2.10. The summed E-state index contributed by atoms with van der Waals surface area (Å²) in [6, 6.07) is 4.91. The zero-order valence-electron chi connectivity index (χ0n) is 8.76. The Kier molecular flexibility index (Phi) is 3.00. The predicted molar refractivity (Wildman–Crippen MR) is 55.8 cm³/mol. The number of rotatable bonds is 1. The standard InChI is InChI=1S/C12H15F2N/c1-8-5-6-9(7-15-8)10-3-2-4-11(13)12(10)14/h2-4,8-9,15H,5-7H2,1H3. The molecule has 2 unspecified atom stereocenters. The molecule has 2 atom stereocenters. The van der Waals surface area contributed by atoms with E-state index in [-0.39, 0.29) is 5.92 Å². The normalized spacial score (nSPS) is 26.6. The molecule has 0 aromatic heterocycles. The average Bonchev–Trinajstić information content (AvgIpc) is 2.24. The van der Waals surface area contributed by atoms with E-state index in [4.69, 9.17) is 0 Å². The van der Waals surface area contributed by atoms with Gasteiger partial charge < -0.3 is 5.32 Å². The first-order chi connectivity index (χ1) is 7.18. The van der Waals surface area contributed by atoms with Crippen molar-refractivity contribution in [2.45, 2.75) is 31.7 Å². The SMILES string of the molecule is CC1CCC(c2cccc(F)c2F)CN1. The second-order valence-electron chi connectivity index (χ2n) is 4.23. The molecule has 0 saturated carbocycles. The Morgan fingerprint density at radius 1 is 1.27 bits per heavy atom. The van der Waals surface area contributed by atoms with Gasteiger partial charge in [0.15, 0.2) is 11.6 Å². The van der Waals surface area contributed by atoms with Crippen LogP contribution in [-0.4, -0.2) is 12.6 Å². The van der Waals surface area contributed by atoms with Crippen LogP contribution in [0.5, 0.6) is 0 Å². The van der Waals surface area contributed by atoms with E-state index in [0.717, 1.165) is 25.5 Å². The summed E-state index contributed by atoms with van der Waals surface area (Å²) < 4.78 is 26.5. The molecule has 2 rings (SSSR count). The van der Waals surface area contributed by atoms with Crippen LogP contribution in [0.3, 0.4) is 0 Å². The summed E-state index contributed by atoms with van der Waals surface area (Å²) in [7, 11) is 0. The number of piperidine rings is 1. The second-order valence-corrected chi connectivity index (χ2v) is 4.23. The van der Waals surface area contributed by atoms with Crippen molar-refractivity contribution in [3.05, 3.63) is 35.4 Å². The molecule has 0 spiro atoms. The fourth-order valence-electron chi connectivity index (χ4n) is 2.10. The van der Waals surface area contributed by atoms with E-state index >= 15 is 0 Å². The Labute approximate surface area is 88.5 Å². The minimum Gasteiger partial charge on any atom is -0.314 e. The Morgan fingerprint density at radius 3 is 2.73 bits per heavy atom.